The minimum atomic E-state index is -1.20. The number of fused-ring (bicyclic) bond motifs is 3. The van der Waals surface area contributed by atoms with Crippen molar-refractivity contribution >= 4 is 9.04 Å². The molecule has 0 spiro atoms. The lowest BCUT2D eigenvalue weighted by Crippen LogP contribution is -2.50. The zero-order chi connectivity index (χ0) is 23.9. The van der Waals surface area contributed by atoms with E-state index in [1.54, 1.807) is 7.11 Å². The Morgan fingerprint density at radius 1 is 1.24 bits per heavy atom. The molecule has 2 aliphatic rings. The van der Waals surface area contributed by atoms with Crippen molar-refractivity contribution in [2.24, 2.45) is 11.1 Å². The van der Waals surface area contributed by atoms with Crippen molar-refractivity contribution in [2.75, 3.05) is 20.2 Å². The molecule has 33 heavy (non-hydrogen) atoms. The number of rotatable bonds is 5. The predicted octanol–water partition coefficient (Wildman–Crippen LogP) is 4.30. The van der Waals surface area contributed by atoms with E-state index in [1.165, 1.54) is 16.7 Å². The van der Waals surface area contributed by atoms with Gasteiger partial charge < -0.3 is 20.0 Å². The number of methoxy groups -OCH3 is 1. The third-order valence-corrected chi connectivity index (χ3v) is 7.85. The Morgan fingerprint density at radius 2 is 2.00 bits per heavy atom. The van der Waals surface area contributed by atoms with Crippen LogP contribution in [-0.2, 0) is 10.8 Å². The molecule has 0 radical (unpaired) electrons. The van der Waals surface area contributed by atoms with Crippen LogP contribution in [0.4, 0.5) is 0 Å². The molecule has 3 N–H and O–H groups in total. The van der Waals surface area contributed by atoms with Crippen LogP contribution in [0.5, 0.6) is 11.5 Å². The SMILES string of the molecule is COc1cc2c(cc1O)CCN1C[C@@H](c3cc(C(O[SiH](C)C)C(C)(C)C)ccn3)[C@H](N)C[C@H]21. The van der Waals surface area contributed by atoms with Gasteiger partial charge in [-0.05, 0) is 72.3 Å². The monoisotopic (exact) mass is 469 g/mol. The Morgan fingerprint density at radius 3 is 2.67 bits per heavy atom. The summed E-state index contributed by atoms with van der Waals surface area (Å²) in [7, 11) is 0.392. The van der Waals surface area contributed by atoms with Gasteiger partial charge in [0, 0.05) is 43.0 Å². The van der Waals surface area contributed by atoms with Crippen LogP contribution in [0.25, 0.3) is 0 Å². The smallest absolute Gasteiger partial charge is 0.171 e. The number of ether oxygens (including phenoxy) is 1. The molecule has 4 atom stereocenters. The zero-order valence-electron chi connectivity index (χ0n) is 20.8. The van der Waals surface area contributed by atoms with E-state index < -0.39 is 9.04 Å². The summed E-state index contributed by atoms with van der Waals surface area (Å²) in [4.78, 5) is 7.30. The Bertz CT molecular complexity index is 991. The maximum atomic E-state index is 10.2. The summed E-state index contributed by atoms with van der Waals surface area (Å²) in [6.07, 6.45) is 3.75. The highest BCUT2D eigenvalue weighted by molar-refractivity contribution is 6.48. The molecule has 3 heterocycles. The summed E-state index contributed by atoms with van der Waals surface area (Å²) in [5, 5.41) is 10.2. The zero-order valence-corrected chi connectivity index (χ0v) is 22.0. The highest BCUT2D eigenvalue weighted by Gasteiger charge is 2.39. The number of benzene rings is 1. The highest BCUT2D eigenvalue weighted by Crippen LogP contribution is 2.44. The van der Waals surface area contributed by atoms with Crippen molar-refractivity contribution in [1.82, 2.24) is 9.88 Å². The van der Waals surface area contributed by atoms with Crippen LogP contribution in [0.3, 0.4) is 0 Å². The molecule has 2 aliphatic heterocycles. The lowest BCUT2D eigenvalue weighted by Gasteiger charge is -2.46. The summed E-state index contributed by atoms with van der Waals surface area (Å²) in [5.41, 5.74) is 11.5. The van der Waals surface area contributed by atoms with Gasteiger partial charge in [0.1, 0.15) is 0 Å². The van der Waals surface area contributed by atoms with Crippen molar-refractivity contribution < 1.29 is 14.3 Å². The molecule has 2 aromatic rings. The quantitative estimate of drug-likeness (QED) is 0.636. The fourth-order valence-corrected chi connectivity index (χ4v) is 6.55. The van der Waals surface area contributed by atoms with Crippen LogP contribution < -0.4 is 10.5 Å². The van der Waals surface area contributed by atoms with Crippen molar-refractivity contribution in [1.29, 1.82) is 0 Å². The Labute approximate surface area is 199 Å². The second-order valence-electron chi connectivity index (χ2n) is 10.9. The standard InChI is InChI=1S/C26H39N3O3Si/c1-26(2,3)25(32-33(5)6)17-7-9-28-21(11-17)19-15-29-10-8-16-12-23(30)24(31-4)13-18(16)22(29)14-20(19)27/h7,9,11-13,19-20,22,25,30,33H,8,10,14-15,27H2,1-6H3/t19-,20-,22-,25?/m1/s1. The molecule has 0 amide bonds. The first kappa shape index (κ1) is 24.2. The van der Waals surface area contributed by atoms with Gasteiger partial charge in [-0.1, -0.05) is 20.8 Å². The third kappa shape index (κ3) is 4.97. The Hall–Kier alpha value is -1.93. The largest absolute Gasteiger partial charge is 0.504 e. The summed E-state index contributed by atoms with van der Waals surface area (Å²) in [6.45, 7) is 13.0. The summed E-state index contributed by atoms with van der Waals surface area (Å²) < 4.78 is 11.8. The van der Waals surface area contributed by atoms with Gasteiger partial charge in [-0.2, -0.15) is 0 Å². The number of piperidine rings is 1. The Kier molecular flexibility index (Phi) is 6.87. The number of aromatic nitrogens is 1. The molecule has 4 rings (SSSR count). The normalized spacial score (nSPS) is 24.3. The fraction of sp³-hybridized carbons (Fsp3) is 0.577. The summed E-state index contributed by atoms with van der Waals surface area (Å²) in [5.74, 6) is 0.921. The molecule has 1 unspecified atom stereocenters. The maximum absolute atomic E-state index is 10.2. The third-order valence-electron chi connectivity index (χ3n) is 7.03. The van der Waals surface area contributed by atoms with Gasteiger partial charge in [-0.3, -0.25) is 9.88 Å². The second kappa shape index (κ2) is 9.37. The van der Waals surface area contributed by atoms with E-state index in [9.17, 15) is 5.11 Å². The first-order chi connectivity index (χ1) is 15.6. The van der Waals surface area contributed by atoms with Gasteiger partial charge in [0.05, 0.1) is 13.2 Å². The lowest BCUT2D eigenvalue weighted by molar-refractivity contribution is 0.0859. The van der Waals surface area contributed by atoms with Gasteiger partial charge in [0.25, 0.3) is 0 Å². The van der Waals surface area contributed by atoms with Crippen molar-refractivity contribution in [3.8, 4) is 11.5 Å². The van der Waals surface area contributed by atoms with Gasteiger partial charge in [-0.15, -0.1) is 0 Å². The van der Waals surface area contributed by atoms with Crippen LogP contribution in [0.2, 0.25) is 13.1 Å². The maximum Gasteiger partial charge on any atom is 0.171 e. The minimum absolute atomic E-state index is 0.00762. The van der Waals surface area contributed by atoms with Gasteiger partial charge >= 0.3 is 0 Å². The molecular formula is C26H39N3O3Si. The van der Waals surface area contributed by atoms with E-state index >= 15 is 0 Å². The molecule has 1 aromatic carbocycles. The highest BCUT2D eigenvalue weighted by atomic mass is 28.3. The predicted molar refractivity (Wildman–Crippen MR) is 134 cm³/mol. The lowest BCUT2D eigenvalue weighted by atomic mass is 9.78. The van der Waals surface area contributed by atoms with Crippen LogP contribution in [0.1, 0.15) is 67.6 Å². The number of nitrogens with zero attached hydrogens (tertiary/aromatic N) is 2. The fourth-order valence-electron chi connectivity index (χ4n) is 5.44. The van der Waals surface area contributed by atoms with Crippen molar-refractivity contribution in [3.05, 3.63) is 52.8 Å². The topological polar surface area (TPSA) is 80.8 Å². The van der Waals surface area contributed by atoms with E-state index in [-0.39, 0.29) is 35.3 Å². The van der Waals surface area contributed by atoms with Gasteiger partial charge in [-0.25, -0.2) is 0 Å². The number of hydrogen-bond acceptors (Lipinski definition) is 6. The number of phenols is 1. The molecule has 0 saturated carbocycles. The summed E-state index contributed by atoms with van der Waals surface area (Å²) in [6, 6.07) is 8.44. The van der Waals surface area contributed by atoms with Crippen molar-refractivity contribution in [3.63, 3.8) is 0 Å². The first-order valence-electron chi connectivity index (χ1n) is 12.1. The number of phenolic OH excluding ortho intramolecular Hbond substituents is 1. The van der Waals surface area contributed by atoms with Crippen LogP contribution in [0, 0.1) is 5.41 Å². The van der Waals surface area contributed by atoms with Gasteiger partial charge in [0.15, 0.2) is 20.5 Å². The van der Waals surface area contributed by atoms with Crippen LogP contribution >= 0.6 is 0 Å². The molecule has 6 nitrogen and oxygen atoms in total. The average Bonchev–Trinajstić information content (AvgIpc) is 2.75. The molecule has 1 saturated heterocycles. The van der Waals surface area contributed by atoms with Crippen molar-refractivity contribution in [2.45, 2.75) is 70.8 Å². The van der Waals surface area contributed by atoms with E-state index in [1.807, 2.05) is 18.3 Å². The Balaban J connectivity index is 1.60. The van der Waals surface area contributed by atoms with Gasteiger partial charge in [0.2, 0.25) is 0 Å². The van der Waals surface area contributed by atoms with E-state index in [2.05, 4.69) is 50.9 Å². The van der Waals surface area contributed by atoms with E-state index in [4.69, 9.17) is 19.9 Å². The molecule has 1 fully saturated rings. The average molecular weight is 470 g/mol. The number of nitrogens with two attached hydrogens (primary N) is 1. The first-order valence-corrected chi connectivity index (χ1v) is 14.9. The minimum Gasteiger partial charge on any atom is -0.504 e. The van der Waals surface area contributed by atoms with Crippen LogP contribution in [-0.4, -0.2) is 50.3 Å². The molecule has 0 aliphatic carbocycles. The second-order valence-corrected chi connectivity index (χ2v) is 13.3. The van der Waals surface area contributed by atoms with E-state index in [0.717, 1.165) is 31.6 Å². The number of pyridine rings is 1. The molecular weight excluding hydrogens is 430 g/mol. The molecule has 7 heteroatoms. The molecule has 1 aromatic heterocycles. The number of aromatic hydroxyl groups is 1. The molecule has 180 valence electrons. The number of hydrogen-bond donors (Lipinski definition) is 2. The summed E-state index contributed by atoms with van der Waals surface area (Å²) >= 11 is 0. The molecule has 0 bridgehead atoms. The van der Waals surface area contributed by atoms with E-state index in [0.29, 0.717) is 5.75 Å². The van der Waals surface area contributed by atoms with Crippen LogP contribution in [0.15, 0.2) is 30.5 Å².